The van der Waals surface area contributed by atoms with Gasteiger partial charge in [-0.3, -0.25) is 4.79 Å². The van der Waals surface area contributed by atoms with Crippen LogP contribution in [-0.4, -0.2) is 36.3 Å². The van der Waals surface area contributed by atoms with Crippen LogP contribution < -0.4 is 15.6 Å². The molecule has 0 bridgehead atoms. The smallest absolute Gasteiger partial charge is 0.293 e. The maximum absolute atomic E-state index is 11.9. The zero-order valence-electron chi connectivity index (χ0n) is 11.6. The summed E-state index contributed by atoms with van der Waals surface area (Å²) in [6.07, 6.45) is 4.23. The second-order valence-electron chi connectivity index (χ2n) is 4.98. The molecule has 8 heteroatoms. The molecule has 19 heavy (non-hydrogen) atoms. The highest BCUT2D eigenvalue weighted by atomic mass is 32.2. The van der Waals surface area contributed by atoms with Gasteiger partial charge in [-0.2, -0.15) is 0 Å². The number of anilines is 1. The van der Waals surface area contributed by atoms with E-state index in [-0.39, 0.29) is 17.9 Å². The van der Waals surface area contributed by atoms with Crippen molar-refractivity contribution in [1.29, 1.82) is 0 Å². The molecule has 0 aliphatic carbocycles. The number of aryl methyl sites for hydroxylation is 1. The Kier molecular flexibility index (Phi) is 4.70. The average molecular weight is 288 g/mol. The molecule has 0 aliphatic heterocycles. The Bertz CT molecular complexity index is 592. The Labute approximate surface area is 113 Å². The Morgan fingerprint density at radius 3 is 2.58 bits per heavy atom. The number of hydrogen-bond acceptors (Lipinski definition) is 5. The van der Waals surface area contributed by atoms with Crippen molar-refractivity contribution in [3.63, 3.8) is 0 Å². The molecule has 1 aromatic rings. The lowest BCUT2D eigenvalue weighted by Gasteiger charge is -2.25. The molecule has 0 aromatic carbocycles. The van der Waals surface area contributed by atoms with E-state index in [0.717, 1.165) is 6.26 Å². The first-order valence-electron chi connectivity index (χ1n) is 5.93. The normalized spacial score (nSPS) is 12.4. The van der Waals surface area contributed by atoms with Gasteiger partial charge in [0.05, 0.1) is 6.26 Å². The summed E-state index contributed by atoms with van der Waals surface area (Å²) in [7, 11) is -3.30. The van der Waals surface area contributed by atoms with E-state index in [1.54, 1.807) is 20.0 Å². The van der Waals surface area contributed by atoms with Gasteiger partial charge in [-0.15, -0.1) is 0 Å². The maximum atomic E-state index is 11.9. The summed E-state index contributed by atoms with van der Waals surface area (Å²) in [5, 5.41) is 2.88. The van der Waals surface area contributed by atoms with Gasteiger partial charge in [-0.05, 0) is 20.8 Å². The van der Waals surface area contributed by atoms with Crippen LogP contribution in [0.15, 0.2) is 17.2 Å². The van der Waals surface area contributed by atoms with Crippen LogP contribution in [0.4, 0.5) is 5.82 Å². The van der Waals surface area contributed by atoms with Crippen molar-refractivity contribution in [1.82, 2.24) is 14.3 Å². The van der Waals surface area contributed by atoms with Crippen LogP contribution in [0.25, 0.3) is 0 Å². The number of nitrogens with zero attached hydrogens (tertiary/aromatic N) is 2. The van der Waals surface area contributed by atoms with Crippen molar-refractivity contribution in [2.75, 3.05) is 18.1 Å². The quantitative estimate of drug-likeness (QED) is 0.769. The number of sulfonamides is 1. The molecule has 1 heterocycles. The second kappa shape index (κ2) is 5.70. The van der Waals surface area contributed by atoms with E-state index in [2.05, 4.69) is 15.0 Å². The molecule has 0 fully saturated rings. The maximum Gasteiger partial charge on any atom is 0.293 e. The summed E-state index contributed by atoms with van der Waals surface area (Å²) in [5.41, 5.74) is -0.936. The van der Waals surface area contributed by atoms with Gasteiger partial charge in [0.15, 0.2) is 5.82 Å². The molecular formula is C11H20N4O3S. The van der Waals surface area contributed by atoms with Gasteiger partial charge >= 0.3 is 0 Å². The average Bonchev–Trinajstić information content (AvgIpc) is 2.24. The van der Waals surface area contributed by atoms with Crippen molar-refractivity contribution in [3.05, 3.63) is 22.7 Å². The predicted octanol–water partition coefficient (Wildman–Crippen LogP) is 0.00290. The van der Waals surface area contributed by atoms with E-state index in [0.29, 0.717) is 6.54 Å². The fraction of sp³-hybridized carbons (Fsp3) is 0.636. The molecule has 108 valence electrons. The zero-order valence-corrected chi connectivity index (χ0v) is 12.4. The van der Waals surface area contributed by atoms with Crippen LogP contribution in [0.2, 0.25) is 0 Å². The Morgan fingerprint density at radius 1 is 1.42 bits per heavy atom. The molecule has 0 amide bonds. The number of hydrogen-bond donors (Lipinski definition) is 2. The van der Waals surface area contributed by atoms with E-state index in [1.165, 1.54) is 10.8 Å². The molecule has 0 saturated heterocycles. The molecule has 0 spiro atoms. The van der Waals surface area contributed by atoms with Crippen LogP contribution in [0.1, 0.15) is 20.8 Å². The molecule has 1 rings (SSSR count). The van der Waals surface area contributed by atoms with Crippen LogP contribution >= 0.6 is 0 Å². The van der Waals surface area contributed by atoms with Crippen LogP contribution in [0.5, 0.6) is 0 Å². The van der Waals surface area contributed by atoms with Crippen molar-refractivity contribution in [2.45, 2.75) is 32.9 Å². The number of rotatable bonds is 6. The highest BCUT2D eigenvalue weighted by Crippen LogP contribution is 2.05. The van der Waals surface area contributed by atoms with E-state index < -0.39 is 15.6 Å². The molecule has 0 unspecified atom stereocenters. The molecule has 0 atom stereocenters. The zero-order chi connectivity index (χ0) is 14.7. The SMILES string of the molecule is CCn1ccnc(NCC(C)(C)NS(C)(=O)=O)c1=O. The van der Waals surface area contributed by atoms with E-state index in [9.17, 15) is 13.2 Å². The van der Waals surface area contributed by atoms with Crippen molar-refractivity contribution < 1.29 is 8.42 Å². The lowest BCUT2D eigenvalue weighted by atomic mass is 10.1. The van der Waals surface area contributed by atoms with Gasteiger partial charge in [0.1, 0.15) is 0 Å². The number of aromatic nitrogens is 2. The van der Waals surface area contributed by atoms with Crippen molar-refractivity contribution >= 4 is 15.8 Å². The number of nitrogens with one attached hydrogen (secondary N) is 2. The second-order valence-corrected chi connectivity index (χ2v) is 6.73. The van der Waals surface area contributed by atoms with Crippen LogP contribution in [0.3, 0.4) is 0 Å². The lowest BCUT2D eigenvalue weighted by molar-refractivity contribution is 0.475. The Hall–Kier alpha value is -1.41. The summed E-state index contributed by atoms with van der Waals surface area (Å²) in [5.74, 6) is 0.215. The highest BCUT2D eigenvalue weighted by molar-refractivity contribution is 7.88. The van der Waals surface area contributed by atoms with E-state index in [1.807, 2.05) is 6.92 Å². The first kappa shape index (κ1) is 15.6. The third-order valence-electron chi connectivity index (χ3n) is 2.41. The first-order chi connectivity index (χ1) is 8.64. The molecule has 1 aromatic heterocycles. The van der Waals surface area contributed by atoms with Crippen LogP contribution in [0, 0.1) is 0 Å². The van der Waals surface area contributed by atoms with E-state index >= 15 is 0 Å². The fourth-order valence-corrected chi connectivity index (χ4v) is 2.74. The van der Waals surface area contributed by atoms with Crippen LogP contribution in [-0.2, 0) is 16.6 Å². The predicted molar refractivity (Wildman–Crippen MR) is 74.7 cm³/mol. The molecular weight excluding hydrogens is 268 g/mol. The third-order valence-corrected chi connectivity index (χ3v) is 3.34. The minimum Gasteiger partial charge on any atom is -0.364 e. The van der Waals surface area contributed by atoms with Crippen molar-refractivity contribution in [2.24, 2.45) is 0 Å². The molecule has 2 N–H and O–H groups in total. The van der Waals surface area contributed by atoms with Gasteiger partial charge in [0.25, 0.3) is 5.56 Å². The molecule has 0 radical (unpaired) electrons. The largest absolute Gasteiger partial charge is 0.364 e. The molecule has 0 saturated carbocycles. The molecule has 7 nitrogen and oxygen atoms in total. The van der Waals surface area contributed by atoms with Gasteiger partial charge in [0.2, 0.25) is 10.0 Å². The monoisotopic (exact) mass is 288 g/mol. The lowest BCUT2D eigenvalue weighted by Crippen LogP contribution is -2.48. The Morgan fingerprint density at radius 2 is 2.05 bits per heavy atom. The fourth-order valence-electron chi connectivity index (χ4n) is 1.66. The first-order valence-corrected chi connectivity index (χ1v) is 7.82. The summed E-state index contributed by atoms with van der Waals surface area (Å²) < 4.78 is 26.4. The Balaban J connectivity index is 2.80. The highest BCUT2D eigenvalue weighted by Gasteiger charge is 2.22. The van der Waals surface area contributed by atoms with E-state index in [4.69, 9.17) is 0 Å². The van der Waals surface area contributed by atoms with Gasteiger partial charge < -0.3 is 9.88 Å². The van der Waals surface area contributed by atoms with Gasteiger partial charge in [-0.1, -0.05) is 0 Å². The minimum atomic E-state index is -3.30. The summed E-state index contributed by atoms with van der Waals surface area (Å²) >= 11 is 0. The standard InChI is InChI=1S/C11H20N4O3S/c1-5-15-7-6-12-9(10(15)16)13-8-11(2,3)14-19(4,17)18/h6-7,14H,5,8H2,1-4H3,(H,12,13). The topological polar surface area (TPSA) is 93.1 Å². The van der Waals surface area contributed by atoms with Gasteiger partial charge in [0, 0.05) is 31.0 Å². The summed E-state index contributed by atoms with van der Waals surface area (Å²) in [4.78, 5) is 15.9. The summed E-state index contributed by atoms with van der Waals surface area (Å²) in [6, 6.07) is 0. The van der Waals surface area contributed by atoms with Crippen molar-refractivity contribution in [3.8, 4) is 0 Å². The molecule has 0 aliphatic rings. The minimum absolute atomic E-state index is 0.215. The van der Waals surface area contributed by atoms with Gasteiger partial charge in [-0.25, -0.2) is 18.1 Å². The third kappa shape index (κ3) is 4.99. The summed E-state index contributed by atoms with van der Waals surface area (Å²) in [6.45, 7) is 6.13.